The molecule has 0 unspecified atom stereocenters. The van der Waals surface area contributed by atoms with Crippen molar-refractivity contribution in [2.45, 2.75) is 70.1 Å². The van der Waals surface area contributed by atoms with E-state index in [9.17, 15) is 9.90 Å². The molecule has 4 aliphatic rings. The van der Waals surface area contributed by atoms with Gasteiger partial charge in [0.05, 0.1) is 24.3 Å². The first-order valence-corrected chi connectivity index (χ1v) is 15.2. The summed E-state index contributed by atoms with van der Waals surface area (Å²) in [4.78, 5) is 30.8. The summed E-state index contributed by atoms with van der Waals surface area (Å²) in [5.74, 6) is 0.943. The van der Waals surface area contributed by atoms with Gasteiger partial charge in [-0.2, -0.15) is 9.97 Å². The van der Waals surface area contributed by atoms with Crippen LogP contribution in [-0.2, 0) is 19.4 Å². The van der Waals surface area contributed by atoms with Crippen molar-refractivity contribution in [3.05, 3.63) is 53.2 Å². The van der Waals surface area contributed by atoms with Crippen LogP contribution in [-0.4, -0.2) is 88.9 Å². The summed E-state index contributed by atoms with van der Waals surface area (Å²) in [5.41, 5.74) is 4.83. The fraction of sp³-hybridized carbons (Fsp3) is 0.531. The molecule has 2 aromatic carbocycles. The maximum Gasteiger partial charge on any atom is 0.407 e. The Morgan fingerprint density at radius 3 is 2.51 bits per heavy atom. The lowest BCUT2D eigenvalue weighted by Gasteiger charge is -2.41. The van der Waals surface area contributed by atoms with Gasteiger partial charge in [-0.15, -0.1) is 0 Å². The van der Waals surface area contributed by atoms with E-state index in [0.29, 0.717) is 38.3 Å². The number of carbonyl (C=O) groups is 1. The number of anilines is 2. The van der Waals surface area contributed by atoms with Gasteiger partial charge in [0.1, 0.15) is 12.4 Å². The van der Waals surface area contributed by atoms with Crippen LogP contribution >= 0.6 is 0 Å². The van der Waals surface area contributed by atoms with Crippen molar-refractivity contribution >= 4 is 28.4 Å². The van der Waals surface area contributed by atoms with Crippen molar-refractivity contribution in [1.29, 1.82) is 0 Å². The van der Waals surface area contributed by atoms with Gasteiger partial charge in [-0.3, -0.25) is 4.90 Å². The average molecular weight is 557 g/mol. The molecule has 1 N–H and O–H groups in total. The number of ether oxygens (including phenoxy) is 1. The lowest BCUT2D eigenvalue weighted by molar-refractivity contribution is 0.114. The Morgan fingerprint density at radius 1 is 1.02 bits per heavy atom. The van der Waals surface area contributed by atoms with Crippen LogP contribution < -0.4 is 14.5 Å². The summed E-state index contributed by atoms with van der Waals surface area (Å²) in [6.07, 6.45) is 5.17. The predicted molar refractivity (Wildman–Crippen MR) is 160 cm³/mol. The van der Waals surface area contributed by atoms with Crippen LogP contribution in [0.25, 0.3) is 10.8 Å². The Balaban J connectivity index is 1.23. The van der Waals surface area contributed by atoms with E-state index in [1.54, 1.807) is 4.90 Å². The largest absolute Gasteiger partial charge is 0.465 e. The number of benzene rings is 2. The molecule has 4 aliphatic heterocycles. The van der Waals surface area contributed by atoms with Gasteiger partial charge in [-0.1, -0.05) is 37.3 Å². The SMILES string of the molecule is CCc1cccc2cccc(N3CCc4c(nc(OC[C@@H]5CCCN5C)nc4N4C[C@H]5CC[C@@H](C4)N5C(=O)O)C3)c12. The highest BCUT2D eigenvalue weighted by Crippen LogP contribution is 2.38. The van der Waals surface area contributed by atoms with Crippen molar-refractivity contribution in [2.24, 2.45) is 0 Å². The molecule has 3 aromatic rings. The number of nitrogens with zero attached hydrogens (tertiary/aromatic N) is 6. The Bertz CT molecular complexity index is 1440. The van der Waals surface area contributed by atoms with Crippen LogP contribution in [0.2, 0.25) is 0 Å². The first-order valence-electron chi connectivity index (χ1n) is 15.2. The third-order valence-electron chi connectivity index (χ3n) is 9.79. The van der Waals surface area contributed by atoms with E-state index < -0.39 is 6.09 Å². The maximum atomic E-state index is 11.9. The fourth-order valence-corrected chi connectivity index (χ4v) is 7.62. The molecule has 0 saturated carbocycles. The van der Waals surface area contributed by atoms with Crippen LogP contribution in [0.4, 0.5) is 16.3 Å². The molecule has 1 amide bonds. The predicted octanol–water partition coefficient (Wildman–Crippen LogP) is 4.56. The van der Waals surface area contributed by atoms with Crippen LogP contribution in [0, 0.1) is 0 Å². The molecule has 7 rings (SSSR count). The summed E-state index contributed by atoms with van der Waals surface area (Å²) in [7, 11) is 2.16. The van der Waals surface area contributed by atoms with Gasteiger partial charge in [0.25, 0.3) is 0 Å². The van der Waals surface area contributed by atoms with E-state index in [2.05, 4.69) is 65.1 Å². The Kier molecular flexibility index (Phi) is 6.85. The van der Waals surface area contributed by atoms with Gasteiger partial charge in [0, 0.05) is 42.3 Å². The van der Waals surface area contributed by atoms with E-state index in [-0.39, 0.29) is 12.1 Å². The zero-order valence-corrected chi connectivity index (χ0v) is 24.1. The van der Waals surface area contributed by atoms with E-state index >= 15 is 0 Å². The van der Waals surface area contributed by atoms with Gasteiger partial charge in [0.15, 0.2) is 0 Å². The number of fused-ring (bicyclic) bond motifs is 4. The average Bonchev–Trinajstić information content (AvgIpc) is 3.53. The summed E-state index contributed by atoms with van der Waals surface area (Å²) in [6.45, 7) is 6.83. The lowest BCUT2D eigenvalue weighted by atomic mass is 9.98. The maximum absolute atomic E-state index is 11.9. The fourth-order valence-electron chi connectivity index (χ4n) is 7.62. The van der Waals surface area contributed by atoms with Crippen molar-refractivity contribution in [3.8, 4) is 6.01 Å². The minimum atomic E-state index is -0.802. The molecule has 9 nitrogen and oxygen atoms in total. The number of rotatable bonds is 6. The van der Waals surface area contributed by atoms with E-state index in [4.69, 9.17) is 14.7 Å². The van der Waals surface area contributed by atoms with Crippen LogP contribution in [0.15, 0.2) is 36.4 Å². The number of hydrogen-bond acceptors (Lipinski definition) is 7. The molecule has 9 heteroatoms. The number of piperazine rings is 1. The number of hydrogen-bond donors (Lipinski definition) is 1. The molecule has 216 valence electrons. The van der Waals surface area contributed by atoms with Crippen molar-refractivity contribution in [1.82, 2.24) is 19.8 Å². The Hall–Kier alpha value is -3.59. The summed E-state index contributed by atoms with van der Waals surface area (Å²) < 4.78 is 6.32. The highest BCUT2D eigenvalue weighted by Gasteiger charge is 2.44. The lowest BCUT2D eigenvalue weighted by Crippen LogP contribution is -2.56. The first-order chi connectivity index (χ1) is 20.0. The molecule has 3 atom stereocenters. The number of likely N-dealkylation sites (N-methyl/N-ethyl adjacent to an activating group) is 1. The number of aryl methyl sites for hydroxylation is 1. The second-order valence-electron chi connectivity index (χ2n) is 12.1. The molecule has 3 fully saturated rings. The number of carboxylic acid groups (broad SMARTS) is 1. The van der Waals surface area contributed by atoms with E-state index in [0.717, 1.165) is 56.7 Å². The number of aromatic nitrogens is 2. The third-order valence-corrected chi connectivity index (χ3v) is 9.79. The van der Waals surface area contributed by atoms with Crippen molar-refractivity contribution < 1.29 is 14.6 Å². The van der Waals surface area contributed by atoms with Crippen LogP contribution in [0.5, 0.6) is 6.01 Å². The summed E-state index contributed by atoms with van der Waals surface area (Å²) in [6, 6.07) is 14.0. The number of amides is 1. The second kappa shape index (κ2) is 10.7. The molecule has 2 bridgehead atoms. The summed E-state index contributed by atoms with van der Waals surface area (Å²) >= 11 is 0. The van der Waals surface area contributed by atoms with Crippen LogP contribution in [0.1, 0.15) is 49.4 Å². The van der Waals surface area contributed by atoms with Gasteiger partial charge < -0.3 is 24.5 Å². The highest BCUT2D eigenvalue weighted by atomic mass is 16.5. The molecule has 0 spiro atoms. The zero-order chi connectivity index (χ0) is 28.1. The zero-order valence-electron chi connectivity index (χ0n) is 24.1. The topological polar surface area (TPSA) is 85.3 Å². The number of likely N-dealkylation sites (tertiary alicyclic amines) is 1. The van der Waals surface area contributed by atoms with Gasteiger partial charge >= 0.3 is 12.1 Å². The minimum absolute atomic E-state index is 0.0107. The molecule has 5 heterocycles. The van der Waals surface area contributed by atoms with Crippen LogP contribution in [0.3, 0.4) is 0 Å². The molecular weight excluding hydrogens is 516 g/mol. The van der Waals surface area contributed by atoms with E-state index in [1.807, 2.05) is 0 Å². The van der Waals surface area contributed by atoms with Gasteiger partial charge in [0.2, 0.25) is 0 Å². The monoisotopic (exact) mass is 556 g/mol. The summed E-state index contributed by atoms with van der Waals surface area (Å²) in [5, 5.41) is 12.4. The normalized spacial score (nSPS) is 24.2. The van der Waals surface area contributed by atoms with Gasteiger partial charge in [-0.25, -0.2) is 4.79 Å². The Labute approximate surface area is 241 Å². The first kappa shape index (κ1) is 26.3. The Morgan fingerprint density at radius 2 is 1.80 bits per heavy atom. The molecule has 1 aromatic heterocycles. The third kappa shape index (κ3) is 4.74. The van der Waals surface area contributed by atoms with Crippen molar-refractivity contribution in [3.63, 3.8) is 0 Å². The second-order valence-corrected chi connectivity index (χ2v) is 12.1. The molecular formula is C32H40N6O3. The molecule has 41 heavy (non-hydrogen) atoms. The molecule has 0 aliphatic carbocycles. The molecule has 3 saturated heterocycles. The smallest absolute Gasteiger partial charge is 0.407 e. The molecule has 0 radical (unpaired) electrons. The van der Waals surface area contributed by atoms with Crippen molar-refractivity contribution in [2.75, 3.05) is 49.6 Å². The quantitative estimate of drug-likeness (QED) is 0.473. The van der Waals surface area contributed by atoms with E-state index in [1.165, 1.54) is 34.0 Å². The standard InChI is InChI=1S/C32H40N6O3/c1-3-21-7-4-8-22-9-5-11-28(29(21)22)36-16-14-26-27(19-36)33-31(41-20-25-10-6-15-35(25)2)34-30(26)37-17-23-12-13-24(18-37)38(23)32(39)40/h4-5,7-9,11,23-25H,3,6,10,12-20H2,1-2H3,(H,39,40)/t23-,24+,25-/m0/s1. The van der Waals surface area contributed by atoms with Gasteiger partial charge in [-0.05, 0) is 69.1 Å². The highest BCUT2D eigenvalue weighted by molar-refractivity contribution is 5.97. The minimum Gasteiger partial charge on any atom is -0.465 e.